The number of rotatable bonds is 5. The van der Waals surface area contributed by atoms with Gasteiger partial charge in [0, 0.05) is 45.2 Å². The van der Waals surface area contributed by atoms with E-state index in [0.717, 1.165) is 31.7 Å². The second kappa shape index (κ2) is 10.3. The Labute approximate surface area is 176 Å². The van der Waals surface area contributed by atoms with Crippen LogP contribution in [0.5, 0.6) is 0 Å². The molecule has 2 heterocycles. The fraction of sp³-hybridized carbons (Fsp3) is 0.524. The summed E-state index contributed by atoms with van der Waals surface area (Å²) in [6.07, 6.45) is 7.46. The van der Waals surface area contributed by atoms with Crippen molar-refractivity contribution >= 4 is 41.1 Å². The topological polar surface area (TPSA) is 43.9 Å². The van der Waals surface area contributed by atoms with Gasteiger partial charge < -0.3 is 14.7 Å². The second-order valence-electron chi connectivity index (χ2n) is 7.37. The van der Waals surface area contributed by atoms with E-state index in [1.54, 1.807) is 23.1 Å². The number of halogens is 2. The van der Waals surface area contributed by atoms with E-state index in [1.807, 2.05) is 11.0 Å². The van der Waals surface area contributed by atoms with Crippen LogP contribution >= 0.6 is 23.2 Å². The van der Waals surface area contributed by atoms with E-state index >= 15 is 0 Å². The highest BCUT2D eigenvalue weighted by Crippen LogP contribution is 2.23. The molecule has 0 radical (unpaired) electrons. The lowest BCUT2D eigenvalue weighted by atomic mass is 10.1. The highest BCUT2D eigenvalue weighted by Gasteiger charge is 2.23. The van der Waals surface area contributed by atoms with Crippen molar-refractivity contribution in [3.8, 4) is 0 Å². The Morgan fingerprint density at radius 2 is 1.75 bits per heavy atom. The summed E-state index contributed by atoms with van der Waals surface area (Å²) in [6.45, 7) is 5.56. The Morgan fingerprint density at radius 1 is 0.964 bits per heavy atom. The number of nitrogens with zero attached hydrogens (tertiary/aromatic N) is 3. The van der Waals surface area contributed by atoms with Gasteiger partial charge in [-0.2, -0.15) is 0 Å². The zero-order chi connectivity index (χ0) is 19.9. The van der Waals surface area contributed by atoms with Gasteiger partial charge in [0.15, 0.2) is 0 Å². The van der Waals surface area contributed by atoms with E-state index in [4.69, 9.17) is 23.2 Å². The van der Waals surface area contributed by atoms with E-state index in [9.17, 15) is 9.59 Å². The van der Waals surface area contributed by atoms with Gasteiger partial charge in [0.1, 0.15) is 0 Å². The first kappa shape index (κ1) is 21.2. The van der Waals surface area contributed by atoms with Crippen molar-refractivity contribution in [1.29, 1.82) is 0 Å². The van der Waals surface area contributed by atoms with Crippen LogP contribution in [0.15, 0.2) is 24.3 Å². The van der Waals surface area contributed by atoms with Gasteiger partial charge in [-0.1, -0.05) is 35.7 Å². The van der Waals surface area contributed by atoms with Crippen LogP contribution < -0.4 is 0 Å². The second-order valence-corrected chi connectivity index (χ2v) is 8.18. The molecule has 0 spiro atoms. The molecule has 0 aliphatic carbocycles. The Hall–Kier alpha value is -1.56. The summed E-state index contributed by atoms with van der Waals surface area (Å²) in [7, 11) is 0. The number of benzene rings is 1. The van der Waals surface area contributed by atoms with Crippen molar-refractivity contribution in [1.82, 2.24) is 14.7 Å². The van der Waals surface area contributed by atoms with E-state index in [-0.39, 0.29) is 11.8 Å². The average molecular weight is 424 g/mol. The number of hydrogen-bond donors (Lipinski definition) is 0. The third-order valence-corrected chi connectivity index (χ3v) is 6.14. The fourth-order valence-electron chi connectivity index (χ4n) is 3.66. The molecule has 2 fully saturated rings. The normalized spacial score (nSPS) is 19.3. The van der Waals surface area contributed by atoms with Gasteiger partial charge in [-0.25, -0.2) is 0 Å². The number of piperidine rings is 1. The highest BCUT2D eigenvalue weighted by atomic mass is 35.5. The molecule has 1 aromatic rings. The van der Waals surface area contributed by atoms with Gasteiger partial charge in [-0.15, -0.1) is 0 Å². The van der Waals surface area contributed by atoms with Crippen LogP contribution in [0.1, 0.15) is 31.2 Å². The van der Waals surface area contributed by atoms with Crippen molar-refractivity contribution < 1.29 is 9.59 Å². The van der Waals surface area contributed by atoms with Gasteiger partial charge >= 0.3 is 0 Å². The molecule has 0 saturated carbocycles. The third kappa shape index (κ3) is 5.97. The Balaban J connectivity index is 1.51. The summed E-state index contributed by atoms with van der Waals surface area (Å²) < 4.78 is 0. The number of carbonyl (C=O) groups is 2. The number of carbonyl (C=O) groups excluding carboxylic acids is 2. The molecule has 3 rings (SSSR count). The molecular formula is C21H27Cl2N3O2. The fourth-order valence-corrected chi connectivity index (χ4v) is 3.96. The minimum absolute atomic E-state index is 0.0863. The van der Waals surface area contributed by atoms with Crippen molar-refractivity contribution in [2.45, 2.75) is 25.7 Å². The van der Waals surface area contributed by atoms with Crippen LogP contribution in [-0.2, 0) is 9.59 Å². The molecule has 2 amide bonds. The molecule has 152 valence electrons. The van der Waals surface area contributed by atoms with Crippen LogP contribution in [-0.4, -0.2) is 72.3 Å². The zero-order valence-electron chi connectivity index (χ0n) is 16.1. The molecule has 28 heavy (non-hydrogen) atoms. The number of hydrogen-bond acceptors (Lipinski definition) is 3. The summed E-state index contributed by atoms with van der Waals surface area (Å²) in [5.41, 5.74) is 0.816. The highest BCUT2D eigenvalue weighted by molar-refractivity contribution is 6.42. The number of amides is 2. The summed E-state index contributed by atoms with van der Waals surface area (Å²) >= 11 is 11.9. The molecular weight excluding hydrogens is 397 g/mol. The Bertz CT molecular complexity index is 732. The minimum Gasteiger partial charge on any atom is -0.340 e. The predicted octanol–water partition coefficient (Wildman–Crippen LogP) is 3.55. The van der Waals surface area contributed by atoms with E-state index in [2.05, 4.69) is 4.90 Å². The van der Waals surface area contributed by atoms with Crippen LogP contribution in [0.25, 0.3) is 6.08 Å². The van der Waals surface area contributed by atoms with Crippen LogP contribution in [0.2, 0.25) is 10.0 Å². The summed E-state index contributed by atoms with van der Waals surface area (Å²) in [5, 5.41) is 0.946. The molecule has 2 aliphatic heterocycles. The lowest BCUT2D eigenvalue weighted by Crippen LogP contribution is -2.41. The molecule has 0 bridgehead atoms. The maximum atomic E-state index is 12.5. The lowest BCUT2D eigenvalue weighted by Gasteiger charge is -2.29. The van der Waals surface area contributed by atoms with Gasteiger partial charge in [0.2, 0.25) is 11.8 Å². The van der Waals surface area contributed by atoms with E-state index in [0.29, 0.717) is 36.1 Å². The van der Waals surface area contributed by atoms with Crippen molar-refractivity contribution in [3.63, 3.8) is 0 Å². The first-order chi connectivity index (χ1) is 13.5. The first-order valence-corrected chi connectivity index (χ1v) is 10.7. The average Bonchev–Trinajstić information content (AvgIpc) is 2.89. The maximum absolute atomic E-state index is 12.5. The van der Waals surface area contributed by atoms with Crippen LogP contribution in [0.4, 0.5) is 0 Å². The zero-order valence-corrected chi connectivity index (χ0v) is 17.6. The summed E-state index contributed by atoms with van der Waals surface area (Å²) in [6, 6.07) is 5.24. The van der Waals surface area contributed by atoms with Crippen LogP contribution in [0.3, 0.4) is 0 Å². The quantitative estimate of drug-likeness (QED) is 0.680. The molecule has 0 unspecified atom stereocenters. The Kier molecular flexibility index (Phi) is 7.77. The molecule has 1 aromatic carbocycles. The van der Waals surface area contributed by atoms with Crippen LogP contribution in [0, 0.1) is 0 Å². The van der Waals surface area contributed by atoms with Gasteiger partial charge in [-0.3, -0.25) is 9.59 Å². The minimum atomic E-state index is -0.0863. The van der Waals surface area contributed by atoms with E-state index in [1.165, 1.54) is 25.3 Å². The van der Waals surface area contributed by atoms with Crippen molar-refractivity contribution in [2.24, 2.45) is 0 Å². The third-order valence-electron chi connectivity index (χ3n) is 5.40. The molecule has 0 atom stereocenters. The van der Waals surface area contributed by atoms with Gasteiger partial charge in [0.25, 0.3) is 0 Å². The molecule has 0 aromatic heterocycles. The summed E-state index contributed by atoms with van der Waals surface area (Å²) in [5.74, 6) is 0.0533. The van der Waals surface area contributed by atoms with E-state index < -0.39 is 0 Å². The SMILES string of the molecule is O=C(/C=C/c1ccc(Cl)c(Cl)c1)N1CCC(=O)N(CCN2CCCCC2)CC1. The Morgan fingerprint density at radius 3 is 2.50 bits per heavy atom. The monoisotopic (exact) mass is 423 g/mol. The predicted molar refractivity (Wildman–Crippen MR) is 114 cm³/mol. The molecule has 2 saturated heterocycles. The molecule has 5 nitrogen and oxygen atoms in total. The number of likely N-dealkylation sites (tertiary alicyclic amines) is 1. The lowest BCUT2D eigenvalue weighted by molar-refractivity contribution is -0.130. The smallest absolute Gasteiger partial charge is 0.246 e. The standard InChI is InChI=1S/C21H27Cl2N3O2/c22-18-6-4-17(16-19(18)23)5-7-20(27)25-11-8-21(28)26(15-14-25)13-12-24-9-2-1-3-10-24/h4-7,16H,1-3,8-15H2/b7-5+. The summed E-state index contributed by atoms with van der Waals surface area (Å²) in [4.78, 5) is 31.1. The molecule has 2 aliphatic rings. The molecule has 7 heteroatoms. The largest absolute Gasteiger partial charge is 0.340 e. The van der Waals surface area contributed by atoms with Gasteiger partial charge in [0.05, 0.1) is 10.0 Å². The maximum Gasteiger partial charge on any atom is 0.246 e. The van der Waals surface area contributed by atoms with Gasteiger partial charge in [-0.05, 0) is 49.7 Å². The molecule has 0 N–H and O–H groups in total. The van der Waals surface area contributed by atoms with Crippen molar-refractivity contribution in [2.75, 3.05) is 45.8 Å². The first-order valence-electron chi connectivity index (χ1n) is 9.95. The van der Waals surface area contributed by atoms with Crippen molar-refractivity contribution in [3.05, 3.63) is 39.9 Å².